The van der Waals surface area contributed by atoms with Crippen LogP contribution < -0.4 is 0 Å². The van der Waals surface area contributed by atoms with Crippen molar-refractivity contribution in [3.63, 3.8) is 0 Å². The van der Waals surface area contributed by atoms with Gasteiger partial charge in [0.2, 0.25) is 0 Å². The molecule has 0 spiro atoms. The van der Waals surface area contributed by atoms with Crippen molar-refractivity contribution >= 4 is 17.9 Å². The summed E-state index contributed by atoms with van der Waals surface area (Å²) >= 11 is 0. The SMILES string of the molecule is C=CC(=O)O.O=C(OOC(=O)c1ccccc1)c1ccccc1. The van der Waals surface area contributed by atoms with Crippen LogP contribution in [0.2, 0.25) is 0 Å². The minimum Gasteiger partial charge on any atom is -0.478 e. The highest BCUT2D eigenvalue weighted by Gasteiger charge is 2.12. The third-order valence-electron chi connectivity index (χ3n) is 2.39. The summed E-state index contributed by atoms with van der Waals surface area (Å²) in [5.41, 5.74) is 0.636. The van der Waals surface area contributed by atoms with Gasteiger partial charge in [0.15, 0.2) is 0 Å². The Morgan fingerprint density at radius 2 is 1.09 bits per heavy atom. The van der Waals surface area contributed by atoms with Crippen molar-refractivity contribution in [2.75, 3.05) is 0 Å². The second-order valence-electron chi connectivity index (χ2n) is 4.02. The molecule has 0 radical (unpaired) electrons. The maximum Gasteiger partial charge on any atom is 0.386 e. The van der Waals surface area contributed by atoms with Crippen molar-refractivity contribution in [3.05, 3.63) is 84.4 Å². The van der Waals surface area contributed by atoms with E-state index in [0.717, 1.165) is 6.08 Å². The Morgan fingerprint density at radius 3 is 1.35 bits per heavy atom. The molecule has 0 heterocycles. The Hall–Kier alpha value is -3.41. The number of carboxylic acid groups (broad SMARTS) is 1. The van der Waals surface area contributed by atoms with E-state index in [9.17, 15) is 14.4 Å². The second kappa shape index (κ2) is 9.51. The standard InChI is InChI=1S/C14H10O4.C3H4O2/c15-13(11-7-3-1-4-8-11)17-18-14(16)12-9-5-2-6-10-12;1-2-3(4)5/h1-10H;2H,1H2,(H,4,5). The molecule has 0 saturated carbocycles. The fourth-order valence-electron chi connectivity index (χ4n) is 1.32. The molecule has 0 unspecified atom stereocenters. The summed E-state index contributed by atoms with van der Waals surface area (Å²) in [7, 11) is 0. The third-order valence-corrected chi connectivity index (χ3v) is 2.39. The molecule has 23 heavy (non-hydrogen) atoms. The first-order valence-electron chi connectivity index (χ1n) is 6.43. The Morgan fingerprint density at radius 1 is 0.783 bits per heavy atom. The molecule has 0 aliphatic rings. The average Bonchev–Trinajstić information content (AvgIpc) is 2.61. The molecule has 2 aromatic rings. The molecule has 0 bridgehead atoms. The molecule has 0 fully saturated rings. The van der Waals surface area contributed by atoms with Gasteiger partial charge in [-0.3, -0.25) is 0 Å². The molecule has 0 amide bonds. The average molecular weight is 314 g/mol. The van der Waals surface area contributed by atoms with Gasteiger partial charge in [-0.2, -0.15) is 0 Å². The maximum atomic E-state index is 11.5. The topological polar surface area (TPSA) is 89.9 Å². The van der Waals surface area contributed by atoms with Crippen LogP contribution in [0, 0.1) is 0 Å². The van der Waals surface area contributed by atoms with Crippen molar-refractivity contribution in [2.24, 2.45) is 0 Å². The number of carboxylic acids is 1. The lowest BCUT2D eigenvalue weighted by molar-refractivity contribution is -0.187. The smallest absolute Gasteiger partial charge is 0.386 e. The van der Waals surface area contributed by atoms with E-state index in [1.54, 1.807) is 60.7 Å². The van der Waals surface area contributed by atoms with E-state index in [1.165, 1.54) is 0 Å². The highest BCUT2D eigenvalue weighted by molar-refractivity contribution is 5.92. The molecule has 118 valence electrons. The van der Waals surface area contributed by atoms with E-state index in [2.05, 4.69) is 16.4 Å². The zero-order valence-electron chi connectivity index (χ0n) is 12.0. The van der Waals surface area contributed by atoms with E-state index >= 15 is 0 Å². The molecule has 2 aromatic carbocycles. The van der Waals surface area contributed by atoms with Crippen LogP contribution in [0.5, 0.6) is 0 Å². The van der Waals surface area contributed by atoms with Gasteiger partial charge in [0.05, 0.1) is 11.1 Å². The molecule has 0 saturated heterocycles. The molecule has 0 aliphatic carbocycles. The summed E-state index contributed by atoms with van der Waals surface area (Å²) in [5.74, 6) is -2.40. The van der Waals surface area contributed by atoms with E-state index in [-0.39, 0.29) is 0 Å². The fraction of sp³-hybridized carbons (Fsp3) is 0. The zero-order chi connectivity index (χ0) is 17.1. The van der Waals surface area contributed by atoms with Crippen LogP contribution in [0.3, 0.4) is 0 Å². The zero-order valence-corrected chi connectivity index (χ0v) is 12.0. The monoisotopic (exact) mass is 314 g/mol. The molecular formula is C17H14O6. The summed E-state index contributed by atoms with van der Waals surface area (Å²) < 4.78 is 0. The quantitative estimate of drug-likeness (QED) is 0.532. The maximum absolute atomic E-state index is 11.5. The summed E-state index contributed by atoms with van der Waals surface area (Å²) in [6.45, 7) is 2.96. The lowest BCUT2D eigenvalue weighted by Gasteiger charge is -2.02. The first-order valence-corrected chi connectivity index (χ1v) is 6.43. The molecule has 6 nitrogen and oxygen atoms in total. The van der Waals surface area contributed by atoms with Crippen molar-refractivity contribution in [2.45, 2.75) is 0 Å². The van der Waals surface area contributed by atoms with Gasteiger partial charge in [0.1, 0.15) is 0 Å². The lowest BCUT2D eigenvalue weighted by atomic mass is 10.2. The Kier molecular flexibility index (Phi) is 7.30. The number of carbonyl (C=O) groups is 3. The van der Waals surface area contributed by atoms with Crippen LogP contribution in [0.25, 0.3) is 0 Å². The molecule has 1 N–H and O–H groups in total. The summed E-state index contributed by atoms with van der Waals surface area (Å²) in [6.07, 6.45) is 0.833. The molecular weight excluding hydrogens is 300 g/mol. The van der Waals surface area contributed by atoms with Gasteiger partial charge >= 0.3 is 17.9 Å². The largest absolute Gasteiger partial charge is 0.478 e. The van der Waals surface area contributed by atoms with Crippen LogP contribution in [0.15, 0.2) is 73.3 Å². The van der Waals surface area contributed by atoms with Crippen molar-refractivity contribution in [1.82, 2.24) is 0 Å². The van der Waals surface area contributed by atoms with Gasteiger partial charge in [-0.1, -0.05) is 43.0 Å². The first kappa shape index (κ1) is 17.6. The minimum absolute atomic E-state index is 0.318. The number of rotatable bonds is 3. The first-order chi connectivity index (χ1) is 11.0. The Balaban J connectivity index is 0.000000463. The van der Waals surface area contributed by atoms with Crippen LogP contribution >= 0.6 is 0 Å². The predicted molar refractivity (Wildman–Crippen MR) is 81.5 cm³/mol. The normalized spacial score (nSPS) is 8.87. The molecule has 0 atom stereocenters. The van der Waals surface area contributed by atoms with Crippen molar-refractivity contribution in [1.29, 1.82) is 0 Å². The number of carbonyl (C=O) groups excluding carboxylic acids is 2. The molecule has 0 aliphatic heterocycles. The van der Waals surface area contributed by atoms with Crippen LogP contribution in [-0.4, -0.2) is 23.0 Å². The number of hydrogen-bond donors (Lipinski definition) is 1. The van der Waals surface area contributed by atoms with Crippen LogP contribution in [0.4, 0.5) is 0 Å². The van der Waals surface area contributed by atoms with E-state index < -0.39 is 17.9 Å². The van der Waals surface area contributed by atoms with Gasteiger partial charge in [-0.15, -0.1) is 0 Å². The molecule has 6 heteroatoms. The van der Waals surface area contributed by atoms with E-state index in [4.69, 9.17) is 5.11 Å². The van der Waals surface area contributed by atoms with Crippen molar-refractivity contribution in [3.8, 4) is 0 Å². The second-order valence-corrected chi connectivity index (χ2v) is 4.02. The Labute approximate surface area is 132 Å². The summed E-state index contributed by atoms with van der Waals surface area (Å²) in [4.78, 5) is 41.1. The third kappa shape index (κ3) is 6.72. The number of aliphatic carboxylic acids is 1. The van der Waals surface area contributed by atoms with E-state index in [1.807, 2.05) is 0 Å². The highest BCUT2D eigenvalue weighted by Crippen LogP contribution is 2.05. The fourth-order valence-corrected chi connectivity index (χ4v) is 1.32. The Bertz CT molecular complexity index is 612. The summed E-state index contributed by atoms with van der Waals surface area (Å²) in [5, 5.41) is 7.60. The molecule has 2 rings (SSSR count). The van der Waals surface area contributed by atoms with Crippen LogP contribution in [-0.2, 0) is 14.6 Å². The summed E-state index contributed by atoms with van der Waals surface area (Å²) in [6, 6.07) is 16.6. The van der Waals surface area contributed by atoms with Gasteiger partial charge in [-0.05, 0) is 24.3 Å². The van der Waals surface area contributed by atoms with E-state index in [0.29, 0.717) is 11.1 Å². The number of hydrogen-bond acceptors (Lipinski definition) is 5. The minimum atomic E-state index is -0.981. The predicted octanol–water partition coefficient (Wildman–Crippen LogP) is 2.87. The van der Waals surface area contributed by atoms with Crippen LogP contribution in [0.1, 0.15) is 20.7 Å². The molecule has 0 aromatic heterocycles. The lowest BCUT2D eigenvalue weighted by Crippen LogP contribution is -2.11. The van der Waals surface area contributed by atoms with Gasteiger partial charge in [0, 0.05) is 6.08 Å². The van der Waals surface area contributed by atoms with Gasteiger partial charge < -0.3 is 5.11 Å². The van der Waals surface area contributed by atoms with Gasteiger partial charge in [0.25, 0.3) is 0 Å². The van der Waals surface area contributed by atoms with Crippen molar-refractivity contribution < 1.29 is 29.3 Å². The highest BCUT2D eigenvalue weighted by atomic mass is 17.2. The van der Waals surface area contributed by atoms with Gasteiger partial charge in [-0.25, -0.2) is 24.2 Å². The number of benzene rings is 2.